The summed E-state index contributed by atoms with van der Waals surface area (Å²) in [6.07, 6.45) is 4.07. The maximum atomic E-state index is 11.6. The van der Waals surface area contributed by atoms with E-state index >= 15 is 0 Å². The number of amides is 1. The van der Waals surface area contributed by atoms with Gasteiger partial charge in [-0.1, -0.05) is 0 Å². The Kier molecular flexibility index (Phi) is 2.40. The quantitative estimate of drug-likeness (QED) is 0.836. The highest BCUT2D eigenvalue weighted by molar-refractivity contribution is 5.69. The summed E-state index contributed by atoms with van der Waals surface area (Å²) in [5.41, 5.74) is -0.157. The maximum absolute atomic E-state index is 11.6. The number of hydrogen-bond acceptors (Lipinski definition) is 4. The van der Waals surface area contributed by atoms with Crippen molar-refractivity contribution in [1.29, 1.82) is 0 Å². The Labute approximate surface area is 94.2 Å². The second-order valence-corrected chi connectivity index (χ2v) is 5.13. The van der Waals surface area contributed by atoms with Crippen LogP contribution in [-0.4, -0.2) is 16.6 Å². The second-order valence-electron chi connectivity index (χ2n) is 5.13. The zero-order valence-corrected chi connectivity index (χ0v) is 9.74. The molecule has 0 spiro atoms. The van der Waals surface area contributed by atoms with Crippen molar-refractivity contribution in [3.63, 3.8) is 0 Å². The zero-order valence-electron chi connectivity index (χ0n) is 9.74. The first-order chi connectivity index (χ1) is 7.41. The van der Waals surface area contributed by atoms with Crippen LogP contribution in [0.5, 0.6) is 0 Å². The number of alkyl carbamates (subject to hydrolysis) is 1. The molecule has 1 aromatic heterocycles. The van der Waals surface area contributed by atoms with Crippen LogP contribution in [0.15, 0.2) is 17.1 Å². The van der Waals surface area contributed by atoms with Gasteiger partial charge in [-0.2, -0.15) is 0 Å². The van der Waals surface area contributed by atoms with Crippen molar-refractivity contribution in [3.8, 4) is 0 Å². The minimum absolute atomic E-state index is 0.295. The molecule has 0 atom stereocenters. The zero-order chi connectivity index (χ0) is 11.8. The van der Waals surface area contributed by atoms with Gasteiger partial charge in [0, 0.05) is 5.54 Å². The van der Waals surface area contributed by atoms with Gasteiger partial charge in [-0.15, -0.1) is 0 Å². The molecule has 16 heavy (non-hydrogen) atoms. The van der Waals surface area contributed by atoms with Gasteiger partial charge in [-0.3, -0.25) is 0 Å². The number of ether oxygens (including phenoxy) is 1. The highest BCUT2D eigenvalue weighted by Crippen LogP contribution is 2.48. The molecular weight excluding hydrogens is 208 g/mol. The molecule has 2 rings (SSSR count). The molecule has 1 aliphatic carbocycles. The average molecular weight is 224 g/mol. The number of hydrogen-bond donors (Lipinski definition) is 1. The van der Waals surface area contributed by atoms with E-state index in [0.717, 1.165) is 12.8 Å². The second kappa shape index (κ2) is 3.50. The standard InChI is InChI=1S/C11H16N2O3/c1-10(2,3)13-9(14)16-11(4-5-11)8-6-15-7-12-8/h6-7H,4-5H2,1-3H3,(H,13,14). The van der Waals surface area contributed by atoms with Crippen molar-refractivity contribution < 1.29 is 13.9 Å². The Morgan fingerprint density at radius 3 is 2.69 bits per heavy atom. The molecule has 1 aromatic rings. The molecule has 1 N–H and O–H groups in total. The van der Waals surface area contributed by atoms with Crippen molar-refractivity contribution in [2.75, 3.05) is 0 Å². The molecule has 88 valence electrons. The fraction of sp³-hybridized carbons (Fsp3) is 0.636. The van der Waals surface area contributed by atoms with E-state index in [0.29, 0.717) is 5.69 Å². The summed E-state index contributed by atoms with van der Waals surface area (Å²) in [7, 11) is 0. The Morgan fingerprint density at radius 1 is 1.56 bits per heavy atom. The molecule has 1 saturated carbocycles. The van der Waals surface area contributed by atoms with E-state index in [1.807, 2.05) is 20.8 Å². The number of rotatable bonds is 2. The van der Waals surface area contributed by atoms with E-state index < -0.39 is 11.7 Å². The SMILES string of the molecule is CC(C)(C)NC(=O)OC1(c2cocn2)CC1. The molecule has 1 heterocycles. The predicted octanol–water partition coefficient (Wildman–Crippen LogP) is 2.19. The molecule has 5 heteroatoms. The predicted molar refractivity (Wildman–Crippen MR) is 56.8 cm³/mol. The summed E-state index contributed by atoms with van der Waals surface area (Å²) in [6, 6.07) is 0. The van der Waals surface area contributed by atoms with Crippen LogP contribution in [0.4, 0.5) is 4.79 Å². The van der Waals surface area contributed by atoms with E-state index in [9.17, 15) is 4.79 Å². The largest absolute Gasteiger partial charge is 0.451 e. The van der Waals surface area contributed by atoms with Gasteiger partial charge in [0.25, 0.3) is 0 Å². The number of carbonyl (C=O) groups is 1. The normalized spacial score (nSPS) is 17.9. The summed E-state index contributed by atoms with van der Waals surface area (Å²) >= 11 is 0. The van der Waals surface area contributed by atoms with Crippen molar-refractivity contribution in [1.82, 2.24) is 10.3 Å². The van der Waals surface area contributed by atoms with Gasteiger partial charge in [-0.25, -0.2) is 9.78 Å². The molecule has 1 fully saturated rings. The third kappa shape index (κ3) is 2.35. The lowest BCUT2D eigenvalue weighted by molar-refractivity contribution is 0.0730. The third-order valence-electron chi connectivity index (χ3n) is 2.37. The van der Waals surface area contributed by atoms with Crippen molar-refractivity contribution in [2.24, 2.45) is 0 Å². The molecule has 5 nitrogen and oxygen atoms in total. The molecule has 1 aliphatic rings. The van der Waals surface area contributed by atoms with E-state index in [4.69, 9.17) is 9.15 Å². The van der Waals surface area contributed by atoms with E-state index in [-0.39, 0.29) is 5.54 Å². The molecule has 0 unspecified atom stereocenters. The first-order valence-electron chi connectivity index (χ1n) is 5.31. The van der Waals surface area contributed by atoms with Gasteiger partial charge in [0.2, 0.25) is 0 Å². The van der Waals surface area contributed by atoms with Crippen LogP contribution in [0.3, 0.4) is 0 Å². The number of nitrogens with zero attached hydrogens (tertiary/aromatic N) is 1. The Morgan fingerprint density at radius 2 is 2.25 bits per heavy atom. The summed E-state index contributed by atoms with van der Waals surface area (Å²) in [5.74, 6) is 0. The highest BCUT2D eigenvalue weighted by atomic mass is 16.6. The van der Waals surface area contributed by atoms with Crippen LogP contribution < -0.4 is 5.32 Å². The van der Waals surface area contributed by atoms with Crippen LogP contribution in [0, 0.1) is 0 Å². The van der Waals surface area contributed by atoms with Crippen LogP contribution >= 0.6 is 0 Å². The Balaban J connectivity index is 1.98. The fourth-order valence-corrected chi connectivity index (χ4v) is 1.47. The molecule has 0 aromatic carbocycles. The van der Waals surface area contributed by atoms with Crippen molar-refractivity contribution in [3.05, 3.63) is 18.4 Å². The number of carbonyl (C=O) groups excluding carboxylic acids is 1. The highest BCUT2D eigenvalue weighted by Gasteiger charge is 2.51. The average Bonchev–Trinajstić information content (AvgIpc) is 2.71. The molecule has 0 saturated heterocycles. The summed E-state index contributed by atoms with van der Waals surface area (Å²) in [4.78, 5) is 15.6. The Bertz CT molecular complexity index is 374. The number of aromatic nitrogens is 1. The lowest BCUT2D eigenvalue weighted by Crippen LogP contribution is -2.42. The molecule has 0 aliphatic heterocycles. The minimum Gasteiger partial charge on any atom is -0.451 e. The third-order valence-corrected chi connectivity index (χ3v) is 2.37. The lowest BCUT2D eigenvalue weighted by Gasteiger charge is -2.22. The van der Waals surface area contributed by atoms with Gasteiger partial charge in [-0.05, 0) is 33.6 Å². The van der Waals surface area contributed by atoms with Crippen LogP contribution in [0.1, 0.15) is 39.3 Å². The molecular formula is C11H16N2O3. The van der Waals surface area contributed by atoms with Crippen molar-refractivity contribution in [2.45, 2.75) is 44.8 Å². The van der Waals surface area contributed by atoms with Gasteiger partial charge in [0.15, 0.2) is 12.0 Å². The van der Waals surface area contributed by atoms with Crippen LogP contribution in [-0.2, 0) is 10.3 Å². The molecule has 1 amide bonds. The summed E-state index contributed by atoms with van der Waals surface area (Å²) in [5, 5.41) is 2.76. The molecule has 0 radical (unpaired) electrons. The van der Waals surface area contributed by atoms with Crippen molar-refractivity contribution >= 4 is 6.09 Å². The fourth-order valence-electron chi connectivity index (χ4n) is 1.47. The van der Waals surface area contributed by atoms with Gasteiger partial charge in [0.1, 0.15) is 12.0 Å². The first kappa shape index (κ1) is 11.0. The smallest absolute Gasteiger partial charge is 0.408 e. The van der Waals surface area contributed by atoms with E-state index in [2.05, 4.69) is 10.3 Å². The van der Waals surface area contributed by atoms with E-state index in [1.54, 1.807) is 0 Å². The van der Waals surface area contributed by atoms with Gasteiger partial charge >= 0.3 is 6.09 Å². The van der Waals surface area contributed by atoms with Gasteiger partial charge < -0.3 is 14.5 Å². The summed E-state index contributed by atoms with van der Waals surface area (Å²) in [6.45, 7) is 5.72. The first-order valence-corrected chi connectivity index (χ1v) is 5.31. The molecule has 0 bridgehead atoms. The topological polar surface area (TPSA) is 64.4 Å². The van der Waals surface area contributed by atoms with Crippen LogP contribution in [0.25, 0.3) is 0 Å². The van der Waals surface area contributed by atoms with E-state index in [1.165, 1.54) is 12.7 Å². The number of nitrogens with one attached hydrogen (secondary N) is 1. The Hall–Kier alpha value is -1.52. The lowest BCUT2D eigenvalue weighted by atomic mass is 10.1. The summed E-state index contributed by atoms with van der Waals surface area (Å²) < 4.78 is 10.3. The number of oxazole rings is 1. The van der Waals surface area contributed by atoms with Crippen LogP contribution in [0.2, 0.25) is 0 Å². The van der Waals surface area contributed by atoms with Gasteiger partial charge in [0.05, 0.1) is 0 Å². The minimum atomic E-state index is -0.553. The monoisotopic (exact) mass is 224 g/mol. The maximum Gasteiger partial charge on any atom is 0.408 e.